The van der Waals surface area contributed by atoms with Crippen LogP contribution in [0, 0.1) is 0 Å². The number of nitrogens with two attached hydrogens (primary N) is 1. The van der Waals surface area contributed by atoms with Gasteiger partial charge in [-0.05, 0) is 29.3 Å². The highest BCUT2D eigenvalue weighted by Gasteiger charge is 2.20. The SMILES string of the molecule is NC(=O)CCN(Cc1ccccc1)S(=O)(=O)/C=C/c1ccc(Cl)cc1. The molecule has 2 aromatic rings. The van der Waals surface area contributed by atoms with E-state index in [1.807, 2.05) is 30.3 Å². The minimum atomic E-state index is -3.71. The van der Waals surface area contributed by atoms with Gasteiger partial charge < -0.3 is 5.73 Å². The van der Waals surface area contributed by atoms with E-state index in [4.69, 9.17) is 17.3 Å². The summed E-state index contributed by atoms with van der Waals surface area (Å²) in [6.07, 6.45) is 1.45. The number of sulfonamides is 1. The van der Waals surface area contributed by atoms with Gasteiger partial charge in [0.25, 0.3) is 0 Å². The van der Waals surface area contributed by atoms with Gasteiger partial charge in [0, 0.05) is 29.9 Å². The van der Waals surface area contributed by atoms with Gasteiger partial charge >= 0.3 is 0 Å². The van der Waals surface area contributed by atoms with Crippen molar-refractivity contribution in [2.75, 3.05) is 6.54 Å². The molecular weight excluding hydrogens is 360 g/mol. The summed E-state index contributed by atoms with van der Waals surface area (Å²) in [6, 6.07) is 16.0. The number of benzene rings is 2. The summed E-state index contributed by atoms with van der Waals surface area (Å²) in [4.78, 5) is 11.1. The van der Waals surface area contributed by atoms with E-state index in [1.54, 1.807) is 24.3 Å². The van der Waals surface area contributed by atoms with Crippen molar-refractivity contribution in [2.45, 2.75) is 13.0 Å². The molecule has 0 aliphatic carbocycles. The number of carbonyl (C=O) groups is 1. The Balaban J connectivity index is 2.20. The van der Waals surface area contributed by atoms with Crippen molar-refractivity contribution in [3.05, 3.63) is 76.2 Å². The van der Waals surface area contributed by atoms with Gasteiger partial charge in [-0.25, -0.2) is 8.42 Å². The van der Waals surface area contributed by atoms with Gasteiger partial charge in [0.2, 0.25) is 15.9 Å². The average molecular weight is 379 g/mol. The molecule has 0 aliphatic rings. The molecule has 0 aliphatic heterocycles. The summed E-state index contributed by atoms with van der Waals surface area (Å²) in [5.74, 6) is -0.546. The molecule has 0 atom stereocenters. The largest absolute Gasteiger partial charge is 0.370 e. The van der Waals surface area contributed by atoms with E-state index in [-0.39, 0.29) is 19.5 Å². The zero-order valence-electron chi connectivity index (χ0n) is 13.5. The molecular formula is C18H19ClN2O3S. The van der Waals surface area contributed by atoms with Crippen molar-refractivity contribution in [3.63, 3.8) is 0 Å². The van der Waals surface area contributed by atoms with E-state index in [9.17, 15) is 13.2 Å². The van der Waals surface area contributed by atoms with Crippen LogP contribution in [-0.4, -0.2) is 25.2 Å². The van der Waals surface area contributed by atoms with Gasteiger partial charge in [0.1, 0.15) is 0 Å². The predicted molar refractivity (Wildman–Crippen MR) is 100 cm³/mol. The fourth-order valence-corrected chi connectivity index (χ4v) is 3.44. The molecule has 2 N–H and O–H groups in total. The maximum Gasteiger partial charge on any atom is 0.236 e. The molecule has 1 amide bonds. The molecule has 25 heavy (non-hydrogen) atoms. The molecule has 0 heterocycles. The lowest BCUT2D eigenvalue weighted by Crippen LogP contribution is -2.32. The molecule has 0 radical (unpaired) electrons. The number of amides is 1. The summed E-state index contributed by atoms with van der Waals surface area (Å²) in [6.45, 7) is 0.193. The molecule has 0 bridgehead atoms. The molecule has 2 aromatic carbocycles. The lowest BCUT2D eigenvalue weighted by molar-refractivity contribution is -0.118. The Labute approximate surface area is 152 Å². The van der Waals surface area contributed by atoms with Gasteiger partial charge in [-0.3, -0.25) is 4.79 Å². The van der Waals surface area contributed by atoms with E-state index >= 15 is 0 Å². The molecule has 0 fully saturated rings. The summed E-state index contributed by atoms with van der Waals surface area (Å²) in [5, 5.41) is 1.70. The number of rotatable bonds is 8. The zero-order valence-corrected chi connectivity index (χ0v) is 15.1. The highest BCUT2D eigenvalue weighted by molar-refractivity contribution is 7.92. The molecule has 0 unspecified atom stereocenters. The maximum absolute atomic E-state index is 12.6. The number of primary amides is 1. The maximum atomic E-state index is 12.6. The van der Waals surface area contributed by atoms with Gasteiger partial charge in [-0.2, -0.15) is 4.31 Å². The Morgan fingerprint density at radius 2 is 1.72 bits per heavy atom. The second-order valence-electron chi connectivity index (χ2n) is 5.43. The molecule has 0 spiro atoms. The number of hydrogen-bond donors (Lipinski definition) is 1. The first-order valence-electron chi connectivity index (χ1n) is 7.63. The zero-order chi connectivity index (χ0) is 18.3. The first kappa shape index (κ1) is 19.2. The molecule has 0 aromatic heterocycles. The lowest BCUT2D eigenvalue weighted by atomic mass is 10.2. The van der Waals surface area contributed by atoms with Gasteiger partial charge in [-0.1, -0.05) is 54.1 Å². The number of halogens is 1. The van der Waals surface area contributed by atoms with Crippen molar-refractivity contribution >= 4 is 33.6 Å². The fourth-order valence-electron chi connectivity index (χ4n) is 2.14. The third kappa shape index (κ3) is 6.34. The third-order valence-electron chi connectivity index (χ3n) is 3.47. The van der Waals surface area contributed by atoms with Crippen LogP contribution < -0.4 is 5.73 Å². The smallest absolute Gasteiger partial charge is 0.236 e. The van der Waals surface area contributed by atoms with Gasteiger partial charge in [0.05, 0.1) is 0 Å². The predicted octanol–water partition coefficient (Wildman–Crippen LogP) is 3.02. The number of carbonyl (C=O) groups excluding carboxylic acids is 1. The summed E-state index contributed by atoms with van der Waals surface area (Å²) in [5.41, 5.74) is 6.71. The highest BCUT2D eigenvalue weighted by Crippen LogP contribution is 2.15. The van der Waals surface area contributed by atoms with Crippen LogP contribution in [0.25, 0.3) is 6.08 Å². The Kier molecular flexibility index (Phi) is 6.75. The van der Waals surface area contributed by atoms with Crippen LogP contribution in [0.4, 0.5) is 0 Å². The Bertz CT molecular complexity index is 834. The van der Waals surface area contributed by atoms with Crippen LogP contribution in [0.15, 0.2) is 60.0 Å². The van der Waals surface area contributed by atoms with Crippen molar-refractivity contribution in [1.29, 1.82) is 0 Å². The van der Waals surface area contributed by atoms with Crippen molar-refractivity contribution in [3.8, 4) is 0 Å². The highest BCUT2D eigenvalue weighted by atomic mass is 35.5. The quantitative estimate of drug-likeness (QED) is 0.766. The summed E-state index contributed by atoms with van der Waals surface area (Å²) >= 11 is 5.82. The topological polar surface area (TPSA) is 80.5 Å². The summed E-state index contributed by atoms with van der Waals surface area (Å²) in [7, 11) is -3.71. The molecule has 5 nitrogen and oxygen atoms in total. The Hall–Kier alpha value is -2.15. The van der Waals surface area contributed by atoms with E-state index in [1.165, 1.54) is 10.4 Å². The second kappa shape index (κ2) is 8.80. The average Bonchev–Trinajstić information content (AvgIpc) is 2.59. The molecule has 0 saturated carbocycles. The standard InChI is InChI=1S/C18H19ClN2O3S/c19-17-8-6-15(7-9-17)11-13-25(23,24)21(12-10-18(20)22)14-16-4-2-1-3-5-16/h1-9,11,13H,10,12,14H2,(H2,20,22)/b13-11+. The number of hydrogen-bond acceptors (Lipinski definition) is 3. The van der Waals surface area contributed by atoms with Crippen LogP contribution in [0.2, 0.25) is 5.02 Å². The molecule has 132 valence electrons. The minimum Gasteiger partial charge on any atom is -0.370 e. The Morgan fingerprint density at radius 1 is 1.08 bits per heavy atom. The number of nitrogens with zero attached hydrogens (tertiary/aromatic N) is 1. The minimum absolute atomic E-state index is 0.0253. The molecule has 2 rings (SSSR count). The first-order valence-corrected chi connectivity index (χ1v) is 9.51. The van der Waals surface area contributed by atoms with Crippen LogP contribution >= 0.6 is 11.6 Å². The third-order valence-corrected chi connectivity index (χ3v) is 5.24. The van der Waals surface area contributed by atoms with Gasteiger partial charge in [-0.15, -0.1) is 0 Å². The normalized spacial score (nSPS) is 11.9. The molecule has 7 heteroatoms. The monoisotopic (exact) mass is 378 g/mol. The van der Waals surface area contributed by atoms with Crippen molar-refractivity contribution < 1.29 is 13.2 Å². The van der Waals surface area contributed by atoms with Crippen LogP contribution in [0.1, 0.15) is 17.5 Å². The van der Waals surface area contributed by atoms with E-state index in [0.717, 1.165) is 11.0 Å². The van der Waals surface area contributed by atoms with Crippen molar-refractivity contribution in [1.82, 2.24) is 4.31 Å². The lowest BCUT2D eigenvalue weighted by Gasteiger charge is -2.19. The van der Waals surface area contributed by atoms with E-state index in [0.29, 0.717) is 10.6 Å². The van der Waals surface area contributed by atoms with Crippen LogP contribution in [0.3, 0.4) is 0 Å². The first-order chi connectivity index (χ1) is 11.9. The van der Waals surface area contributed by atoms with E-state index in [2.05, 4.69) is 0 Å². The van der Waals surface area contributed by atoms with Crippen molar-refractivity contribution in [2.24, 2.45) is 5.73 Å². The van der Waals surface area contributed by atoms with E-state index < -0.39 is 15.9 Å². The second-order valence-corrected chi connectivity index (χ2v) is 7.69. The van der Waals surface area contributed by atoms with Crippen LogP contribution in [-0.2, 0) is 21.4 Å². The van der Waals surface area contributed by atoms with Gasteiger partial charge in [0.15, 0.2) is 0 Å². The Morgan fingerprint density at radius 3 is 2.32 bits per heavy atom. The van der Waals surface area contributed by atoms with Crippen LogP contribution in [0.5, 0.6) is 0 Å². The molecule has 0 saturated heterocycles. The fraction of sp³-hybridized carbons (Fsp3) is 0.167. The summed E-state index contributed by atoms with van der Waals surface area (Å²) < 4.78 is 26.5.